The molecule has 0 aromatic rings. The molecule has 0 radical (unpaired) electrons. The number of carbonyl (C=O) groups is 1. The van der Waals surface area contributed by atoms with Crippen LogP contribution in [0, 0.1) is 0 Å². The molecule has 0 aliphatic carbocycles. The number of thiol groups is 1. The minimum absolute atomic E-state index is 0.181. The summed E-state index contributed by atoms with van der Waals surface area (Å²) in [5.74, 6) is 0.950. The minimum atomic E-state index is 0.181. The highest BCUT2D eigenvalue weighted by Gasteiger charge is 2.15. The number of amides is 1. The molecule has 0 bridgehead atoms. The topological polar surface area (TPSA) is 29.1 Å². The third-order valence-corrected chi connectivity index (χ3v) is 1.98. The maximum atomic E-state index is 10.7. The van der Waals surface area contributed by atoms with Gasteiger partial charge < -0.3 is 5.32 Å². The predicted molar refractivity (Wildman–Crippen MR) is 39.6 cm³/mol. The van der Waals surface area contributed by atoms with Crippen LogP contribution in [-0.2, 0) is 4.79 Å². The van der Waals surface area contributed by atoms with Crippen LogP contribution in [0.4, 0.5) is 0 Å². The third-order valence-electron chi connectivity index (χ3n) is 1.54. The summed E-state index contributed by atoms with van der Waals surface area (Å²) in [5.41, 5.74) is 0. The van der Waals surface area contributed by atoms with E-state index in [1.165, 1.54) is 0 Å². The van der Waals surface area contributed by atoms with Gasteiger partial charge in [-0.1, -0.05) is 0 Å². The SMILES string of the molecule is O=C1CCC[C@@H](CS)N1. The average molecular weight is 145 g/mol. The lowest BCUT2D eigenvalue weighted by molar-refractivity contribution is -0.123. The van der Waals surface area contributed by atoms with E-state index < -0.39 is 0 Å². The van der Waals surface area contributed by atoms with Gasteiger partial charge in [-0.2, -0.15) is 12.6 Å². The number of carbonyl (C=O) groups excluding carboxylic acids is 1. The fourth-order valence-corrected chi connectivity index (χ4v) is 1.29. The van der Waals surface area contributed by atoms with E-state index in [0.717, 1.165) is 18.6 Å². The summed E-state index contributed by atoms with van der Waals surface area (Å²) in [6, 6.07) is 0.328. The zero-order valence-electron chi connectivity index (χ0n) is 5.26. The highest BCUT2D eigenvalue weighted by atomic mass is 32.1. The first-order valence-electron chi connectivity index (χ1n) is 3.23. The summed E-state index contributed by atoms with van der Waals surface area (Å²) in [6.07, 6.45) is 2.82. The smallest absolute Gasteiger partial charge is 0.220 e. The highest BCUT2D eigenvalue weighted by molar-refractivity contribution is 7.80. The molecular weight excluding hydrogens is 134 g/mol. The van der Waals surface area contributed by atoms with Gasteiger partial charge in [0.2, 0.25) is 5.91 Å². The molecule has 1 atom stereocenters. The lowest BCUT2D eigenvalue weighted by atomic mass is 10.1. The Morgan fingerprint density at radius 1 is 1.78 bits per heavy atom. The van der Waals surface area contributed by atoms with Crippen molar-refractivity contribution in [3.63, 3.8) is 0 Å². The van der Waals surface area contributed by atoms with Crippen molar-refractivity contribution in [3.05, 3.63) is 0 Å². The van der Waals surface area contributed by atoms with Crippen molar-refractivity contribution in [2.75, 3.05) is 5.75 Å². The molecule has 2 nitrogen and oxygen atoms in total. The molecule has 1 N–H and O–H groups in total. The van der Waals surface area contributed by atoms with Gasteiger partial charge in [-0.3, -0.25) is 4.79 Å². The number of hydrogen-bond donors (Lipinski definition) is 2. The first kappa shape index (κ1) is 6.93. The van der Waals surface area contributed by atoms with E-state index in [0.29, 0.717) is 12.5 Å². The molecule has 1 aliphatic rings. The van der Waals surface area contributed by atoms with Crippen LogP contribution in [-0.4, -0.2) is 17.7 Å². The Hall–Kier alpha value is -0.180. The van der Waals surface area contributed by atoms with Gasteiger partial charge in [-0.15, -0.1) is 0 Å². The van der Waals surface area contributed by atoms with Crippen molar-refractivity contribution in [2.45, 2.75) is 25.3 Å². The summed E-state index contributed by atoms with van der Waals surface area (Å²) in [5, 5.41) is 2.85. The molecule has 0 aromatic carbocycles. The molecule has 1 aliphatic heterocycles. The van der Waals surface area contributed by atoms with Gasteiger partial charge in [0, 0.05) is 18.2 Å². The van der Waals surface area contributed by atoms with E-state index in [4.69, 9.17) is 0 Å². The maximum Gasteiger partial charge on any atom is 0.220 e. The zero-order valence-corrected chi connectivity index (χ0v) is 6.16. The van der Waals surface area contributed by atoms with E-state index in [-0.39, 0.29) is 5.91 Å². The molecular formula is C6H11NOS. The average Bonchev–Trinajstić information content (AvgIpc) is 1.88. The van der Waals surface area contributed by atoms with Crippen LogP contribution in [0.2, 0.25) is 0 Å². The molecule has 0 unspecified atom stereocenters. The molecule has 1 saturated heterocycles. The Labute approximate surface area is 60.4 Å². The van der Waals surface area contributed by atoms with Gasteiger partial charge in [-0.05, 0) is 12.8 Å². The van der Waals surface area contributed by atoms with Gasteiger partial charge in [0.25, 0.3) is 0 Å². The van der Waals surface area contributed by atoms with Gasteiger partial charge in [-0.25, -0.2) is 0 Å². The van der Waals surface area contributed by atoms with Crippen LogP contribution < -0.4 is 5.32 Å². The zero-order chi connectivity index (χ0) is 6.69. The lowest BCUT2D eigenvalue weighted by Crippen LogP contribution is -2.39. The lowest BCUT2D eigenvalue weighted by Gasteiger charge is -2.20. The van der Waals surface area contributed by atoms with Crippen LogP contribution in [0.15, 0.2) is 0 Å². The predicted octanol–water partition coefficient (Wildman–Crippen LogP) is 0.585. The van der Waals surface area contributed by atoms with Crippen LogP contribution in [0.5, 0.6) is 0 Å². The third kappa shape index (κ3) is 1.90. The monoisotopic (exact) mass is 145 g/mol. The Kier molecular flexibility index (Phi) is 2.39. The summed E-state index contributed by atoms with van der Waals surface area (Å²) in [4.78, 5) is 10.7. The van der Waals surface area contributed by atoms with E-state index >= 15 is 0 Å². The summed E-state index contributed by atoms with van der Waals surface area (Å²) >= 11 is 4.09. The van der Waals surface area contributed by atoms with E-state index in [2.05, 4.69) is 17.9 Å². The van der Waals surface area contributed by atoms with Crippen molar-refractivity contribution in [1.29, 1.82) is 0 Å². The van der Waals surface area contributed by atoms with Crippen molar-refractivity contribution < 1.29 is 4.79 Å². The second-order valence-electron chi connectivity index (χ2n) is 2.34. The van der Waals surface area contributed by atoms with Crippen molar-refractivity contribution in [1.82, 2.24) is 5.32 Å². The van der Waals surface area contributed by atoms with E-state index in [1.54, 1.807) is 0 Å². The molecule has 0 spiro atoms. The number of rotatable bonds is 1. The molecule has 9 heavy (non-hydrogen) atoms. The fraction of sp³-hybridized carbons (Fsp3) is 0.833. The first-order valence-corrected chi connectivity index (χ1v) is 3.86. The van der Waals surface area contributed by atoms with Crippen LogP contribution in [0.25, 0.3) is 0 Å². The normalized spacial score (nSPS) is 27.7. The first-order chi connectivity index (χ1) is 4.33. The summed E-state index contributed by atoms with van der Waals surface area (Å²) < 4.78 is 0. The molecule has 1 rings (SSSR count). The van der Waals surface area contributed by atoms with Crippen LogP contribution >= 0.6 is 12.6 Å². The molecule has 1 fully saturated rings. The number of nitrogens with one attached hydrogen (secondary N) is 1. The second-order valence-corrected chi connectivity index (χ2v) is 2.70. The van der Waals surface area contributed by atoms with Gasteiger partial charge >= 0.3 is 0 Å². The van der Waals surface area contributed by atoms with Gasteiger partial charge in [0.15, 0.2) is 0 Å². The van der Waals surface area contributed by atoms with E-state index in [1.807, 2.05) is 0 Å². The molecule has 0 saturated carbocycles. The van der Waals surface area contributed by atoms with Gasteiger partial charge in [0.1, 0.15) is 0 Å². The molecule has 1 amide bonds. The molecule has 3 heteroatoms. The Bertz CT molecular complexity index is 116. The molecule has 1 heterocycles. The van der Waals surface area contributed by atoms with Crippen molar-refractivity contribution in [3.8, 4) is 0 Å². The van der Waals surface area contributed by atoms with Crippen molar-refractivity contribution >= 4 is 18.5 Å². The van der Waals surface area contributed by atoms with Crippen molar-refractivity contribution in [2.24, 2.45) is 0 Å². The summed E-state index contributed by atoms with van der Waals surface area (Å²) in [6.45, 7) is 0. The minimum Gasteiger partial charge on any atom is -0.353 e. The largest absolute Gasteiger partial charge is 0.353 e. The maximum absolute atomic E-state index is 10.7. The standard InChI is InChI=1S/C6H11NOS/c8-6-3-1-2-5(4-9)7-6/h5,9H,1-4H2,(H,7,8)/t5-/m0/s1. The van der Waals surface area contributed by atoms with Crippen LogP contribution in [0.1, 0.15) is 19.3 Å². The second kappa shape index (κ2) is 3.11. The Morgan fingerprint density at radius 2 is 2.56 bits per heavy atom. The van der Waals surface area contributed by atoms with Crippen LogP contribution in [0.3, 0.4) is 0 Å². The van der Waals surface area contributed by atoms with Gasteiger partial charge in [0.05, 0.1) is 0 Å². The molecule has 52 valence electrons. The fourth-order valence-electron chi connectivity index (χ4n) is 1.02. The Balaban J connectivity index is 2.32. The Morgan fingerprint density at radius 3 is 3.00 bits per heavy atom. The molecule has 0 aromatic heterocycles. The number of hydrogen-bond acceptors (Lipinski definition) is 2. The number of piperidine rings is 1. The van der Waals surface area contributed by atoms with E-state index in [9.17, 15) is 4.79 Å². The quantitative estimate of drug-likeness (QED) is 0.519. The highest BCUT2D eigenvalue weighted by Crippen LogP contribution is 2.08. The summed E-state index contributed by atoms with van der Waals surface area (Å²) in [7, 11) is 0.